The Labute approximate surface area is 153 Å². The second kappa shape index (κ2) is 6.52. The number of fused-ring (bicyclic) bond motifs is 3. The molecule has 132 valence electrons. The van der Waals surface area contributed by atoms with Crippen molar-refractivity contribution in [3.8, 4) is 5.75 Å². The third-order valence-electron chi connectivity index (χ3n) is 5.45. The fourth-order valence-corrected chi connectivity index (χ4v) is 4.08. The highest BCUT2D eigenvalue weighted by Crippen LogP contribution is 2.30. The van der Waals surface area contributed by atoms with E-state index in [9.17, 15) is 0 Å². The second-order valence-corrected chi connectivity index (χ2v) is 7.26. The summed E-state index contributed by atoms with van der Waals surface area (Å²) >= 11 is 0. The zero-order valence-corrected chi connectivity index (χ0v) is 14.8. The highest BCUT2D eigenvalue weighted by molar-refractivity contribution is 6.04. The van der Waals surface area contributed by atoms with Crippen molar-refractivity contribution in [1.29, 1.82) is 0 Å². The summed E-state index contributed by atoms with van der Waals surface area (Å²) in [6, 6.07) is 16.9. The van der Waals surface area contributed by atoms with E-state index in [1.165, 1.54) is 53.4 Å². The van der Waals surface area contributed by atoms with E-state index in [2.05, 4.69) is 33.7 Å². The molecule has 5 rings (SSSR count). The molecule has 2 N–H and O–H groups in total. The van der Waals surface area contributed by atoms with Gasteiger partial charge in [-0.25, -0.2) is 0 Å². The number of hydrogen-bond donors (Lipinski definition) is 2. The normalized spacial score (nSPS) is 19.1. The van der Waals surface area contributed by atoms with Crippen LogP contribution in [-0.2, 0) is 12.8 Å². The summed E-state index contributed by atoms with van der Waals surface area (Å²) in [5.41, 5.74) is 9.75. The molecule has 1 aromatic heterocycles. The van der Waals surface area contributed by atoms with Gasteiger partial charge in [0.05, 0.1) is 11.8 Å². The van der Waals surface area contributed by atoms with E-state index in [4.69, 9.17) is 4.74 Å². The van der Waals surface area contributed by atoms with Crippen LogP contribution in [0, 0.1) is 0 Å². The van der Waals surface area contributed by atoms with Gasteiger partial charge in [-0.1, -0.05) is 30.3 Å². The first-order chi connectivity index (χ1) is 12.9. The second-order valence-electron chi connectivity index (χ2n) is 7.26. The molecule has 2 aromatic carbocycles. The largest absolute Gasteiger partial charge is 0.491 e. The van der Waals surface area contributed by atoms with E-state index in [1.807, 2.05) is 30.3 Å². The number of nitrogens with zero attached hydrogens (tertiary/aromatic N) is 1. The minimum Gasteiger partial charge on any atom is -0.491 e. The number of aromatic nitrogens is 1. The van der Waals surface area contributed by atoms with Crippen LogP contribution in [0.4, 0.5) is 0 Å². The van der Waals surface area contributed by atoms with Crippen LogP contribution in [0.1, 0.15) is 36.1 Å². The first kappa shape index (κ1) is 15.5. The molecule has 26 heavy (non-hydrogen) atoms. The van der Waals surface area contributed by atoms with Crippen LogP contribution in [0.25, 0.3) is 10.9 Å². The van der Waals surface area contributed by atoms with Gasteiger partial charge in [-0.05, 0) is 55.0 Å². The van der Waals surface area contributed by atoms with Crippen molar-refractivity contribution in [2.24, 2.45) is 5.10 Å². The quantitative estimate of drug-likeness (QED) is 0.745. The lowest BCUT2D eigenvalue weighted by molar-refractivity contribution is 0.275. The van der Waals surface area contributed by atoms with Gasteiger partial charge in [0.25, 0.3) is 0 Å². The maximum absolute atomic E-state index is 5.86. The van der Waals surface area contributed by atoms with Crippen molar-refractivity contribution in [2.45, 2.75) is 38.1 Å². The minimum atomic E-state index is 0.220. The summed E-state index contributed by atoms with van der Waals surface area (Å²) in [6.07, 6.45) is 5.88. The lowest BCUT2D eigenvalue weighted by Crippen LogP contribution is -2.27. The van der Waals surface area contributed by atoms with Gasteiger partial charge in [-0.3, -0.25) is 0 Å². The molecule has 1 aliphatic heterocycles. The zero-order valence-electron chi connectivity index (χ0n) is 14.8. The molecule has 2 aliphatic rings. The number of hydrogen-bond acceptors (Lipinski definition) is 3. The Morgan fingerprint density at radius 3 is 2.85 bits per heavy atom. The fourth-order valence-electron chi connectivity index (χ4n) is 4.08. The Bertz CT molecular complexity index is 958. The lowest BCUT2D eigenvalue weighted by Gasteiger charge is -2.11. The predicted octanol–water partition coefficient (Wildman–Crippen LogP) is 4.19. The molecule has 0 saturated heterocycles. The van der Waals surface area contributed by atoms with Gasteiger partial charge < -0.3 is 15.1 Å². The van der Waals surface area contributed by atoms with Gasteiger partial charge in [-0.2, -0.15) is 5.10 Å². The molecule has 4 nitrogen and oxygen atoms in total. The number of ether oxygens (including phenoxy) is 1. The average Bonchev–Trinajstić information content (AvgIpc) is 3.31. The molecule has 1 unspecified atom stereocenters. The van der Waals surface area contributed by atoms with Crippen LogP contribution >= 0.6 is 0 Å². The summed E-state index contributed by atoms with van der Waals surface area (Å²) in [5, 5.41) is 5.95. The highest BCUT2D eigenvalue weighted by Gasteiger charge is 2.21. The van der Waals surface area contributed by atoms with Gasteiger partial charge in [-0.15, -0.1) is 0 Å². The Morgan fingerprint density at radius 2 is 1.92 bits per heavy atom. The van der Waals surface area contributed by atoms with Crippen LogP contribution in [-0.4, -0.2) is 23.3 Å². The van der Waals surface area contributed by atoms with Crippen molar-refractivity contribution < 1.29 is 4.74 Å². The van der Waals surface area contributed by atoms with E-state index in [0.29, 0.717) is 6.61 Å². The smallest absolute Gasteiger partial charge is 0.119 e. The fraction of sp³-hybridized carbons (Fsp3) is 0.318. The number of para-hydroxylation sites is 1. The van der Waals surface area contributed by atoms with E-state index in [-0.39, 0.29) is 6.04 Å². The molecule has 0 bridgehead atoms. The Balaban J connectivity index is 1.29. The molecule has 1 atom stereocenters. The highest BCUT2D eigenvalue weighted by atomic mass is 16.5. The molecule has 4 heteroatoms. The number of nitrogens with one attached hydrogen (secondary N) is 2. The van der Waals surface area contributed by atoms with Crippen LogP contribution in [0.5, 0.6) is 5.75 Å². The minimum absolute atomic E-state index is 0.220. The van der Waals surface area contributed by atoms with Crippen LogP contribution in [0.3, 0.4) is 0 Å². The van der Waals surface area contributed by atoms with E-state index < -0.39 is 0 Å². The van der Waals surface area contributed by atoms with Gasteiger partial charge >= 0.3 is 0 Å². The first-order valence-corrected chi connectivity index (χ1v) is 9.50. The standard InChI is InChI=1S/C22H23N3O/c1-2-6-17(7-3-1)26-14-16-13-21(25-24-16)15-10-11-19-18-8-4-5-9-20(18)23-22(19)12-15/h1-3,6-7,10-12,16,23-24H,4-5,8-9,13-14H2. The molecule has 0 fully saturated rings. The first-order valence-electron chi connectivity index (χ1n) is 9.50. The number of H-pyrrole nitrogens is 1. The van der Waals surface area contributed by atoms with E-state index in [1.54, 1.807) is 0 Å². The van der Waals surface area contributed by atoms with Crippen molar-refractivity contribution in [2.75, 3.05) is 6.61 Å². The van der Waals surface area contributed by atoms with Crippen LogP contribution < -0.4 is 10.2 Å². The maximum Gasteiger partial charge on any atom is 0.119 e. The molecule has 2 heterocycles. The maximum atomic E-state index is 5.86. The molecule has 0 saturated carbocycles. The van der Waals surface area contributed by atoms with Gasteiger partial charge in [0.1, 0.15) is 12.4 Å². The predicted molar refractivity (Wildman–Crippen MR) is 105 cm³/mol. The summed E-state index contributed by atoms with van der Waals surface area (Å²) < 4.78 is 5.86. The summed E-state index contributed by atoms with van der Waals surface area (Å²) in [6.45, 7) is 0.621. The molecular formula is C22H23N3O. The number of rotatable bonds is 4. The Morgan fingerprint density at radius 1 is 1.04 bits per heavy atom. The Hall–Kier alpha value is -2.75. The Kier molecular flexibility index (Phi) is 3.89. The molecule has 0 radical (unpaired) electrons. The van der Waals surface area contributed by atoms with Crippen LogP contribution in [0.2, 0.25) is 0 Å². The molecule has 0 amide bonds. The lowest BCUT2D eigenvalue weighted by atomic mass is 9.95. The van der Waals surface area contributed by atoms with E-state index >= 15 is 0 Å². The van der Waals surface area contributed by atoms with Gasteiger partial charge in [0, 0.05) is 23.0 Å². The third kappa shape index (κ3) is 2.85. The summed E-state index contributed by atoms with van der Waals surface area (Å²) in [7, 11) is 0. The topological polar surface area (TPSA) is 49.4 Å². The van der Waals surface area contributed by atoms with Gasteiger partial charge in [0.15, 0.2) is 0 Å². The number of benzene rings is 2. The number of aryl methyl sites for hydroxylation is 2. The van der Waals surface area contributed by atoms with Crippen molar-refractivity contribution in [1.82, 2.24) is 10.4 Å². The number of hydrazone groups is 1. The van der Waals surface area contributed by atoms with Crippen molar-refractivity contribution >= 4 is 16.6 Å². The SMILES string of the molecule is c1ccc(OCC2CC(c3ccc4c5c([nH]c4c3)CCCC5)=NN2)cc1. The third-order valence-corrected chi connectivity index (χ3v) is 5.45. The molecule has 3 aromatic rings. The van der Waals surface area contributed by atoms with E-state index in [0.717, 1.165) is 17.9 Å². The monoisotopic (exact) mass is 345 g/mol. The summed E-state index contributed by atoms with van der Waals surface area (Å²) in [4.78, 5) is 3.64. The average molecular weight is 345 g/mol. The molecule has 1 aliphatic carbocycles. The zero-order chi connectivity index (χ0) is 17.3. The summed E-state index contributed by atoms with van der Waals surface area (Å²) in [5.74, 6) is 0.904. The van der Waals surface area contributed by atoms with Crippen molar-refractivity contribution in [3.05, 3.63) is 65.4 Å². The van der Waals surface area contributed by atoms with Crippen molar-refractivity contribution in [3.63, 3.8) is 0 Å². The number of aromatic amines is 1. The molecule has 0 spiro atoms. The van der Waals surface area contributed by atoms with Gasteiger partial charge in [0.2, 0.25) is 0 Å². The molecular weight excluding hydrogens is 322 g/mol. The van der Waals surface area contributed by atoms with Crippen LogP contribution in [0.15, 0.2) is 53.6 Å².